The number of methoxy groups -OCH3 is 1. The predicted molar refractivity (Wildman–Crippen MR) is 119 cm³/mol. The van der Waals surface area contributed by atoms with Crippen LogP contribution in [0.3, 0.4) is 0 Å². The highest BCUT2D eigenvalue weighted by Gasteiger charge is 2.48. The number of carbonyl (C=O) groups excluding carboxylic acids is 2. The molecule has 1 aromatic heterocycles. The standard InChI is InChI=1S/C24H19NO6S/c1-13-5-7-16(29-2)15(10-13)22(26)20-21(19-4-3-9-32-19)25(24(28)23(20)27)14-6-8-17-18(11-14)31-12-30-17/h3-11,21,26H,12H2,1-2H3/b22-20-. The first-order chi connectivity index (χ1) is 15.5. The molecule has 2 aliphatic heterocycles. The lowest BCUT2D eigenvalue weighted by atomic mass is 9.98. The third kappa shape index (κ3) is 3.11. The Labute approximate surface area is 188 Å². The normalized spacial score (nSPS) is 18.9. The molecule has 7 nitrogen and oxygen atoms in total. The van der Waals surface area contributed by atoms with Crippen molar-refractivity contribution in [1.29, 1.82) is 0 Å². The summed E-state index contributed by atoms with van der Waals surface area (Å²) in [7, 11) is 1.49. The lowest BCUT2D eigenvalue weighted by Gasteiger charge is -2.24. The molecular formula is C24H19NO6S. The average Bonchev–Trinajstić information content (AvgIpc) is 3.53. The quantitative estimate of drug-likeness (QED) is 0.361. The van der Waals surface area contributed by atoms with Crippen molar-refractivity contribution in [2.75, 3.05) is 18.8 Å². The van der Waals surface area contributed by atoms with Crippen LogP contribution in [0.2, 0.25) is 0 Å². The number of aryl methyl sites for hydroxylation is 1. The molecule has 162 valence electrons. The first-order valence-electron chi connectivity index (χ1n) is 9.88. The van der Waals surface area contributed by atoms with Gasteiger partial charge in [-0.05, 0) is 42.6 Å². The van der Waals surface area contributed by atoms with Crippen molar-refractivity contribution in [3.05, 3.63) is 75.5 Å². The van der Waals surface area contributed by atoms with Crippen LogP contribution in [-0.4, -0.2) is 30.7 Å². The van der Waals surface area contributed by atoms with Crippen LogP contribution in [-0.2, 0) is 9.59 Å². The molecule has 0 bridgehead atoms. The van der Waals surface area contributed by atoms with Gasteiger partial charge in [-0.3, -0.25) is 14.5 Å². The first-order valence-corrected chi connectivity index (χ1v) is 10.8. The van der Waals surface area contributed by atoms with Crippen molar-refractivity contribution < 1.29 is 28.9 Å². The number of Topliss-reactive ketones (excluding diaryl/α,β-unsaturated/α-hetero) is 1. The first kappa shape index (κ1) is 20.1. The monoisotopic (exact) mass is 449 g/mol. The number of nitrogens with zero attached hydrogens (tertiary/aromatic N) is 1. The largest absolute Gasteiger partial charge is 0.507 e. The number of carbonyl (C=O) groups is 2. The maximum atomic E-state index is 13.2. The zero-order valence-electron chi connectivity index (χ0n) is 17.3. The highest BCUT2D eigenvalue weighted by Crippen LogP contribution is 2.46. The predicted octanol–water partition coefficient (Wildman–Crippen LogP) is 4.42. The van der Waals surface area contributed by atoms with Gasteiger partial charge in [0.25, 0.3) is 11.7 Å². The number of aliphatic hydroxyl groups is 1. The topological polar surface area (TPSA) is 85.3 Å². The van der Waals surface area contributed by atoms with Gasteiger partial charge in [0.2, 0.25) is 6.79 Å². The second-order valence-corrected chi connectivity index (χ2v) is 8.41. The number of ketones is 1. The number of aliphatic hydroxyl groups excluding tert-OH is 1. The molecule has 3 heterocycles. The molecule has 1 N–H and O–H groups in total. The zero-order chi connectivity index (χ0) is 22.4. The minimum atomic E-state index is -0.791. The average molecular weight is 449 g/mol. The van der Waals surface area contributed by atoms with Crippen LogP contribution in [0.25, 0.3) is 5.76 Å². The van der Waals surface area contributed by atoms with Gasteiger partial charge in [0.1, 0.15) is 17.6 Å². The van der Waals surface area contributed by atoms with Crippen molar-refractivity contribution in [2.24, 2.45) is 0 Å². The second-order valence-electron chi connectivity index (χ2n) is 7.43. The molecule has 8 heteroatoms. The van der Waals surface area contributed by atoms with Gasteiger partial charge >= 0.3 is 0 Å². The number of thiophene rings is 1. The summed E-state index contributed by atoms with van der Waals surface area (Å²) in [5.74, 6) is -0.285. The van der Waals surface area contributed by atoms with E-state index in [1.807, 2.05) is 30.5 Å². The lowest BCUT2D eigenvalue weighted by Crippen LogP contribution is -2.29. The van der Waals surface area contributed by atoms with E-state index in [4.69, 9.17) is 14.2 Å². The fraction of sp³-hybridized carbons (Fsp3) is 0.167. The fourth-order valence-electron chi connectivity index (χ4n) is 4.00. The number of benzene rings is 2. The molecule has 2 aromatic carbocycles. The van der Waals surface area contributed by atoms with E-state index in [2.05, 4.69) is 0 Å². The van der Waals surface area contributed by atoms with E-state index >= 15 is 0 Å². The van der Waals surface area contributed by atoms with Crippen LogP contribution in [0.1, 0.15) is 22.0 Å². The van der Waals surface area contributed by atoms with Crippen molar-refractivity contribution >= 4 is 34.5 Å². The molecule has 1 unspecified atom stereocenters. The van der Waals surface area contributed by atoms with Gasteiger partial charge in [0, 0.05) is 16.6 Å². The minimum absolute atomic E-state index is 0.0130. The van der Waals surface area contributed by atoms with Gasteiger partial charge in [0.05, 0.1) is 18.2 Å². The van der Waals surface area contributed by atoms with Crippen LogP contribution >= 0.6 is 11.3 Å². The van der Waals surface area contributed by atoms with Gasteiger partial charge in [-0.2, -0.15) is 0 Å². The Kier molecular flexibility index (Phi) is 4.86. The van der Waals surface area contributed by atoms with Crippen molar-refractivity contribution in [1.82, 2.24) is 0 Å². The van der Waals surface area contributed by atoms with Crippen LogP contribution in [0.15, 0.2) is 59.5 Å². The molecule has 1 atom stereocenters. The van der Waals surface area contributed by atoms with E-state index in [1.54, 1.807) is 30.3 Å². The number of fused-ring (bicyclic) bond motifs is 1. The van der Waals surface area contributed by atoms with Crippen LogP contribution in [0, 0.1) is 6.92 Å². The molecule has 0 spiro atoms. The van der Waals surface area contributed by atoms with E-state index in [0.717, 1.165) is 10.4 Å². The van der Waals surface area contributed by atoms with Crippen molar-refractivity contribution in [3.63, 3.8) is 0 Å². The van der Waals surface area contributed by atoms with Gasteiger partial charge in [-0.1, -0.05) is 17.7 Å². The molecule has 0 aliphatic carbocycles. The molecule has 32 heavy (non-hydrogen) atoms. The summed E-state index contributed by atoms with van der Waals surface area (Å²) >= 11 is 1.40. The van der Waals surface area contributed by atoms with Gasteiger partial charge in [-0.25, -0.2) is 0 Å². The number of amides is 1. The van der Waals surface area contributed by atoms with Gasteiger partial charge < -0.3 is 19.3 Å². The molecule has 0 radical (unpaired) electrons. The Morgan fingerprint density at radius 3 is 2.69 bits per heavy atom. The number of ether oxygens (including phenoxy) is 3. The fourth-order valence-corrected chi connectivity index (χ4v) is 4.83. The van der Waals surface area contributed by atoms with E-state index in [9.17, 15) is 14.7 Å². The van der Waals surface area contributed by atoms with E-state index in [-0.39, 0.29) is 18.1 Å². The highest BCUT2D eigenvalue weighted by molar-refractivity contribution is 7.10. The lowest BCUT2D eigenvalue weighted by molar-refractivity contribution is -0.132. The Hall–Kier alpha value is -3.78. The Balaban J connectivity index is 1.71. The van der Waals surface area contributed by atoms with Crippen LogP contribution in [0.5, 0.6) is 17.2 Å². The maximum Gasteiger partial charge on any atom is 0.300 e. The van der Waals surface area contributed by atoms with Crippen molar-refractivity contribution in [3.8, 4) is 17.2 Å². The Morgan fingerprint density at radius 2 is 1.94 bits per heavy atom. The van der Waals surface area contributed by atoms with Crippen LogP contribution < -0.4 is 19.1 Å². The van der Waals surface area contributed by atoms with Gasteiger partial charge in [0.15, 0.2) is 11.5 Å². The molecule has 3 aromatic rings. The third-order valence-corrected chi connectivity index (χ3v) is 6.43. The number of hydrogen-bond donors (Lipinski definition) is 1. The van der Waals surface area contributed by atoms with E-state index in [1.165, 1.54) is 23.3 Å². The summed E-state index contributed by atoms with van der Waals surface area (Å²) in [6, 6.07) is 13.2. The molecule has 2 aliphatic rings. The number of anilines is 1. The molecule has 5 rings (SSSR count). The van der Waals surface area contributed by atoms with E-state index in [0.29, 0.717) is 28.5 Å². The summed E-state index contributed by atoms with van der Waals surface area (Å²) < 4.78 is 16.2. The molecular weight excluding hydrogens is 430 g/mol. The molecule has 1 amide bonds. The summed E-state index contributed by atoms with van der Waals surface area (Å²) in [4.78, 5) is 28.6. The van der Waals surface area contributed by atoms with Crippen LogP contribution in [0.4, 0.5) is 5.69 Å². The SMILES string of the molecule is COc1ccc(C)cc1/C(O)=C1/C(=O)C(=O)N(c2ccc3c(c2)OCO3)C1c1cccs1. The zero-order valence-corrected chi connectivity index (χ0v) is 18.1. The summed E-state index contributed by atoms with van der Waals surface area (Å²) in [5, 5.41) is 13.2. The summed E-state index contributed by atoms with van der Waals surface area (Å²) in [6.45, 7) is 1.97. The minimum Gasteiger partial charge on any atom is -0.507 e. The third-order valence-electron chi connectivity index (χ3n) is 5.50. The Bertz CT molecular complexity index is 1260. The highest BCUT2D eigenvalue weighted by atomic mass is 32.1. The molecule has 1 saturated heterocycles. The smallest absolute Gasteiger partial charge is 0.300 e. The van der Waals surface area contributed by atoms with E-state index < -0.39 is 17.7 Å². The number of hydrogen-bond acceptors (Lipinski definition) is 7. The van der Waals surface area contributed by atoms with Crippen molar-refractivity contribution in [2.45, 2.75) is 13.0 Å². The Morgan fingerprint density at radius 1 is 1.12 bits per heavy atom. The molecule has 1 fully saturated rings. The number of rotatable bonds is 4. The summed E-state index contributed by atoms with van der Waals surface area (Å²) in [6.07, 6.45) is 0. The maximum absolute atomic E-state index is 13.2. The van der Waals surface area contributed by atoms with Gasteiger partial charge in [-0.15, -0.1) is 11.3 Å². The summed E-state index contributed by atoms with van der Waals surface area (Å²) in [5.41, 5.74) is 1.73. The second kappa shape index (κ2) is 7.72. The molecule has 0 saturated carbocycles.